The third-order valence-corrected chi connectivity index (χ3v) is 3.21. The van der Waals surface area contributed by atoms with E-state index in [9.17, 15) is 9.59 Å². The number of carbonyl (C=O) groups is 2. The lowest BCUT2D eigenvalue weighted by molar-refractivity contribution is -0.135. The van der Waals surface area contributed by atoms with Gasteiger partial charge in [-0.25, -0.2) is 4.79 Å². The van der Waals surface area contributed by atoms with E-state index in [0.717, 1.165) is 0 Å². The van der Waals surface area contributed by atoms with E-state index in [1.165, 1.54) is 0 Å². The van der Waals surface area contributed by atoms with E-state index in [2.05, 4.69) is 5.32 Å². The third-order valence-electron chi connectivity index (χ3n) is 3.21. The zero-order valence-electron chi connectivity index (χ0n) is 11.5. The molecule has 3 N–H and O–H groups in total. The minimum absolute atomic E-state index is 0.0134. The van der Waals surface area contributed by atoms with Crippen LogP contribution in [-0.4, -0.2) is 60.5 Å². The van der Waals surface area contributed by atoms with Gasteiger partial charge in [0.1, 0.15) is 0 Å². The van der Waals surface area contributed by atoms with E-state index in [1.54, 1.807) is 9.80 Å². The summed E-state index contributed by atoms with van der Waals surface area (Å²) in [5.74, 6) is 0.125. The quantitative estimate of drug-likeness (QED) is 0.736. The topological polar surface area (TPSA) is 78.7 Å². The molecule has 1 aliphatic rings. The smallest absolute Gasteiger partial charge is 0.317 e. The van der Waals surface area contributed by atoms with Crippen molar-refractivity contribution >= 4 is 11.9 Å². The van der Waals surface area contributed by atoms with Crippen LogP contribution in [0.3, 0.4) is 0 Å². The van der Waals surface area contributed by atoms with Gasteiger partial charge in [-0.2, -0.15) is 0 Å². The lowest BCUT2D eigenvalue weighted by atomic mass is 10.0. The fourth-order valence-electron chi connectivity index (χ4n) is 1.89. The molecule has 1 aliphatic heterocycles. The summed E-state index contributed by atoms with van der Waals surface area (Å²) in [4.78, 5) is 27.1. The van der Waals surface area contributed by atoms with Crippen LogP contribution in [-0.2, 0) is 4.79 Å². The van der Waals surface area contributed by atoms with E-state index in [4.69, 9.17) is 5.73 Å². The number of urea groups is 1. The molecule has 0 aromatic carbocycles. The Balaban J connectivity index is 2.44. The second-order valence-corrected chi connectivity index (χ2v) is 4.92. The van der Waals surface area contributed by atoms with Crippen LogP contribution < -0.4 is 11.1 Å². The Hall–Kier alpha value is -1.30. The maximum atomic E-state index is 12.0. The predicted octanol–water partition coefficient (Wildman–Crippen LogP) is -0.157. The molecule has 0 aromatic rings. The highest BCUT2D eigenvalue weighted by atomic mass is 16.2. The van der Waals surface area contributed by atoms with Gasteiger partial charge in [-0.05, 0) is 12.8 Å². The number of piperazine rings is 1. The largest absolute Gasteiger partial charge is 0.338 e. The fourth-order valence-corrected chi connectivity index (χ4v) is 1.89. The van der Waals surface area contributed by atoms with Gasteiger partial charge in [0, 0.05) is 32.7 Å². The summed E-state index contributed by atoms with van der Waals surface area (Å²) < 4.78 is 0. The molecule has 1 atom stereocenters. The minimum Gasteiger partial charge on any atom is -0.338 e. The highest BCUT2D eigenvalue weighted by Gasteiger charge is 2.28. The Morgan fingerprint density at radius 2 is 1.67 bits per heavy atom. The summed E-state index contributed by atoms with van der Waals surface area (Å²) in [6.45, 7) is 8.66. The van der Waals surface area contributed by atoms with Crippen molar-refractivity contribution in [2.24, 2.45) is 11.7 Å². The first-order valence-electron chi connectivity index (χ1n) is 6.54. The van der Waals surface area contributed by atoms with E-state index in [0.29, 0.717) is 32.7 Å². The van der Waals surface area contributed by atoms with Gasteiger partial charge in [-0.1, -0.05) is 13.8 Å². The SMILES string of the molecule is CCNC(=O)N1CCN(C(=O)C(N)C(C)C)CC1. The van der Waals surface area contributed by atoms with Crippen molar-refractivity contribution in [3.63, 3.8) is 0 Å². The third kappa shape index (κ3) is 3.60. The van der Waals surface area contributed by atoms with E-state index in [-0.39, 0.29) is 17.9 Å². The molecule has 0 radical (unpaired) electrons. The Kier molecular flexibility index (Phi) is 5.40. The number of rotatable bonds is 3. The Morgan fingerprint density at radius 1 is 1.17 bits per heavy atom. The molecule has 6 nitrogen and oxygen atoms in total. The van der Waals surface area contributed by atoms with Crippen molar-refractivity contribution in [1.29, 1.82) is 0 Å². The molecule has 0 aromatic heterocycles. The van der Waals surface area contributed by atoms with Crippen LogP contribution in [0, 0.1) is 5.92 Å². The molecule has 6 heteroatoms. The Bertz CT molecular complexity index is 298. The predicted molar refractivity (Wildman–Crippen MR) is 70.0 cm³/mol. The molecule has 0 bridgehead atoms. The molecule has 3 amide bonds. The van der Waals surface area contributed by atoms with Crippen LogP contribution in [0.4, 0.5) is 4.79 Å². The summed E-state index contributed by atoms with van der Waals surface area (Å²) in [6.07, 6.45) is 0. The fraction of sp³-hybridized carbons (Fsp3) is 0.833. The molecule has 0 aliphatic carbocycles. The van der Waals surface area contributed by atoms with Crippen LogP contribution >= 0.6 is 0 Å². The van der Waals surface area contributed by atoms with Gasteiger partial charge in [-0.3, -0.25) is 4.79 Å². The van der Waals surface area contributed by atoms with Crippen molar-refractivity contribution in [1.82, 2.24) is 15.1 Å². The average molecular weight is 256 g/mol. The second-order valence-electron chi connectivity index (χ2n) is 4.92. The molecule has 1 unspecified atom stereocenters. The first-order valence-corrected chi connectivity index (χ1v) is 6.54. The highest BCUT2D eigenvalue weighted by Crippen LogP contribution is 2.07. The zero-order chi connectivity index (χ0) is 13.7. The first-order chi connectivity index (χ1) is 8.47. The van der Waals surface area contributed by atoms with Crippen molar-refractivity contribution < 1.29 is 9.59 Å². The highest BCUT2D eigenvalue weighted by molar-refractivity contribution is 5.82. The molecule has 18 heavy (non-hydrogen) atoms. The Labute approximate surface area is 108 Å². The zero-order valence-corrected chi connectivity index (χ0v) is 11.5. The van der Waals surface area contributed by atoms with Crippen LogP contribution in [0.25, 0.3) is 0 Å². The number of nitrogens with zero attached hydrogens (tertiary/aromatic N) is 2. The second kappa shape index (κ2) is 6.58. The normalized spacial score (nSPS) is 17.8. The molecule has 0 spiro atoms. The van der Waals surface area contributed by atoms with Crippen molar-refractivity contribution in [2.45, 2.75) is 26.8 Å². The van der Waals surface area contributed by atoms with Crippen molar-refractivity contribution in [2.75, 3.05) is 32.7 Å². The standard InChI is InChI=1S/C12H24N4O2/c1-4-14-12(18)16-7-5-15(6-8-16)11(17)10(13)9(2)3/h9-10H,4-8,13H2,1-3H3,(H,14,18). The number of carbonyl (C=O) groups excluding carboxylic acids is 2. The van der Waals surface area contributed by atoms with Gasteiger partial charge >= 0.3 is 6.03 Å². The summed E-state index contributed by atoms with van der Waals surface area (Å²) >= 11 is 0. The van der Waals surface area contributed by atoms with Gasteiger partial charge in [0.25, 0.3) is 0 Å². The summed E-state index contributed by atoms with van der Waals surface area (Å²) in [5.41, 5.74) is 5.85. The minimum atomic E-state index is -0.444. The number of hydrogen-bond acceptors (Lipinski definition) is 3. The number of hydrogen-bond donors (Lipinski definition) is 2. The maximum Gasteiger partial charge on any atom is 0.317 e. The lowest BCUT2D eigenvalue weighted by Crippen LogP contribution is -2.56. The molecular formula is C12H24N4O2. The van der Waals surface area contributed by atoms with Crippen LogP contribution in [0.15, 0.2) is 0 Å². The van der Waals surface area contributed by atoms with Gasteiger partial charge < -0.3 is 20.9 Å². The summed E-state index contributed by atoms with van der Waals surface area (Å²) in [7, 11) is 0. The summed E-state index contributed by atoms with van der Waals surface area (Å²) in [5, 5.41) is 2.76. The van der Waals surface area contributed by atoms with Gasteiger partial charge in [0.2, 0.25) is 5.91 Å². The molecule has 1 fully saturated rings. The van der Waals surface area contributed by atoms with E-state index < -0.39 is 6.04 Å². The Morgan fingerprint density at radius 3 is 2.11 bits per heavy atom. The van der Waals surface area contributed by atoms with Gasteiger partial charge in [0.05, 0.1) is 6.04 Å². The average Bonchev–Trinajstić information content (AvgIpc) is 2.37. The van der Waals surface area contributed by atoms with Gasteiger partial charge in [-0.15, -0.1) is 0 Å². The van der Waals surface area contributed by atoms with Crippen LogP contribution in [0.1, 0.15) is 20.8 Å². The molecule has 104 valence electrons. The lowest BCUT2D eigenvalue weighted by Gasteiger charge is -2.36. The number of amides is 3. The molecule has 1 rings (SSSR count). The van der Waals surface area contributed by atoms with Gasteiger partial charge in [0.15, 0.2) is 0 Å². The van der Waals surface area contributed by atoms with Crippen molar-refractivity contribution in [3.8, 4) is 0 Å². The molecule has 1 heterocycles. The van der Waals surface area contributed by atoms with Crippen LogP contribution in [0.5, 0.6) is 0 Å². The number of nitrogens with one attached hydrogen (secondary N) is 1. The molecule has 0 saturated carbocycles. The van der Waals surface area contributed by atoms with E-state index >= 15 is 0 Å². The first kappa shape index (κ1) is 14.8. The van der Waals surface area contributed by atoms with Crippen LogP contribution in [0.2, 0.25) is 0 Å². The monoisotopic (exact) mass is 256 g/mol. The summed E-state index contributed by atoms with van der Waals surface area (Å²) in [6, 6.07) is -0.501. The number of nitrogens with two attached hydrogens (primary N) is 1. The van der Waals surface area contributed by atoms with E-state index in [1.807, 2.05) is 20.8 Å². The molecular weight excluding hydrogens is 232 g/mol. The van der Waals surface area contributed by atoms with Crippen molar-refractivity contribution in [3.05, 3.63) is 0 Å². The molecule has 1 saturated heterocycles. The maximum absolute atomic E-state index is 12.0.